The zero-order valence-corrected chi connectivity index (χ0v) is 11.5. The van der Waals surface area contributed by atoms with Crippen LogP contribution in [0.2, 0.25) is 10.0 Å². The Morgan fingerprint density at radius 2 is 2.18 bits per heavy atom. The molecule has 0 bridgehead atoms. The lowest BCUT2D eigenvalue weighted by Gasteiger charge is -2.14. The van der Waals surface area contributed by atoms with Crippen LogP contribution in [0.15, 0.2) is 18.2 Å². The molecule has 1 aromatic carbocycles. The molecule has 0 aliphatic carbocycles. The van der Waals surface area contributed by atoms with Gasteiger partial charge >= 0.3 is 0 Å². The first-order valence-corrected chi connectivity index (χ1v) is 6.17. The molecule has 0 radical (unpaired) electrons. The minimum atomic E-state index is -0.489. The van der Waals surface area contributed by atoms with Crippen LogP contribution in [0.25, 0.3) is 0 Å². The summed E-state index contributed by atoms with van der Waals surface area (Å²) in [6.45, 7) is 1.84. The lowest BCUT2D eigenvalue weighted by Crippen LogP contribution is -2.32. The molecule has 17 heavy (non-hydrogen) atoms. The van der Waals surface area contributed by atoms with Crippen LogP contribution in [-0.4, -0.2) is 10.9 Å². The van der Waals surface area contributed by atoms with Gasteiger partial charge in [0.2, 0.25) is 5.91 Å². The molecular formula is C11H12Cl2N2OS. The molecule has 1 amide bonds. The van der Waals surface area contributed by atoms with E-state index in [-0.39, 0.29) is 10.9 Å². The quantitative estimate of drug-likeness (QED) is 0.837. The van der Waals surface area contributed by atoms with Crippen LogP contribution in [0.4, 0.5) is 5.69 Å². The second-order valence-electron chi connectivity index (χ2n) is 3.48. The van der Waals surface area contributed by atoms with Crippen molar-refractivity contribution in [1.29, 1.82) is 0 Å². The summed E-state index contributed by atoms with van der Waals surface area (Å²) in [6, 6.07) is 4.83. The van der Waals surface area contributed by atoms with Gasteiger partial charge in [0, 0.05) is 5.02 Å². The van der Waals surface area contributed by atoms with Crippen molar-refractivity contribution in [2.24, 2.45) is 11.7 Å². The van der Waals surface area contributed by atoms with Crippen LogP contribution >= 0.6 is 35.4 Å². The molecule has 1 unspecified atom stereocenters. The molecule has 0 fully saturated rings. The van der Waals surface area contributed by atoms with E-state index in [1.165, 1.54) is 0 Å². The first-order chi connectivity index (χ1) is 7.95. The van der Waals surface area contributed by atoms with E-state index in [2.05, 4.69) is 5.32 Å². The molecule has 1 atom stereocenters. The second kappa shape index (κ2) is 6.19. The van der Waals surface area contributed by atoms with Crippen LogP contribution in [-0.2, 0) is 4.79 Å². The monoisotopic (exact) mass is 290 g/mol. The van der Waals surface area contributed by atoms with Gasteiger partial charge in [0.25, 0.3) is 0 Å². The number of carbonyl (C=O) groups is 1. The Labute approximate surface area is 115 Å². The third kappa shape index (κ3) is 3.84. The summed E-state index contributed by atoms with van der Waals surface area (Å²) in [5.41, 5.74) is 5.98. The Hall–Kier alpha value is -0.840. The van der Waals surface area contributed by atoms with E-state index >= 15 is 0 Å². The van der Waals surface area contributed by atoms with Gasteiger partial charge in [-0.25, -0.2) is 0 Å². The topological polar surface area (TPSA) is 55.1 Å². The van der Waals surface area contributed by atoms with Crippen molar-refractivity contribution in [1.82, 2.24) is 0 Å². The summed E-state index contributed by atoms with van der Waals surface area (Å²) in [4.78, 5) is 12.0. The maximum Gasteiger partial charge on any atom is 0.234 e. The lowest BCUT2D eigenvalue weighted by molar-refractivity contribution is -0.118. The zero-order chi connectivity index (χ0) is 13.0. The number of carbonyl (C=O) groups excluding carboxylic acids is 1. The number of hydrogen-bond donors (Lipinski definition) is 2. The van der Waals surface area contributed by atoms with Gasteiger partial charge in [0.1, 0.15) is 0 Å². The number of amides is 1. The molecule has 0 aliphatic rings. The molecular weight excluding hydrogens is 279 g/mol. The van der Waals surface area contributed by atoms with Crippen molar-refractivity contribution in [3.63, 3.8) is 0 Å². The minimum absolute atomic E-state index is 0.176. The van der Waals surface area contributed by atoms with Gasteiger partial charge in [-0.05, 0) is 24.6 Å². The van der Waals surface area contributed by atoms with E-state index in [0.717, 1.165) is 0 Å². The highest BCUT2D eigenvalue weighted by Gasteiger charge is 2.19. The molecule has 0 aromatic heterocycles. The Bertz CT molecular complexity index is 451. The van der Waals surface area contributed by atoms with Gasteiger partial charge in [-0.3, -0.25) is 4.79 Å². The highest BCUT2D eigenvalue weighted by atomic mass is 35.5. The fourth-order valence-corrected chi connectivity index (χ4v) is 2.06. The number of benzene rings is 1. The Morgan fingerprint density at radius 1 is 1.53 bits per heavy atom. The summed E-state index contributed by atoms with van der Waals surface area (Å²) >= 11 is 16.5. The fraction of sp³-hybridized carbons (Fsp3) is 0.273. The molecule has 92 valence electrons. The first-order valence-electron chi connectivity index (χ1n) is 5.01. The van der Waals surface area contributed by atoms with Crippen molar-refractivity contribution in [2.75, 3.05) is 5.32 Å². The predicted octanol–water partition coefficient (Wildman–Crippen LogP) is 3.24. The predicted molar refractivity (Wildman–Crippen MR) is 75.7 cm³/mol. The molecule has 1 aromatic rings. The molecule has 3 N–H and O–H groups in total. The normalized spacial score (nSPS) is 11.9. The summed E-state index contributed by atoms with van der Waals surface area (Å²) in [7, 11) is 0. The summed E-state index contributed by atoms with van der Waals surface area (Å²) in [6.07, 6.45) is 0.548. The van der Waals surface area contributed by atoms with Crippen LogP contribution in [0.1, 0.15) is 13.3 Å². The Kier molecular flexibility index (Phi) is 5.18. The van der Waals surface area contributed by atoms with Crippen LogP contribution in [0, 0.1) is 5.92 Å². The number of thiocarbonyl (C=S) groups is 1. The van der Waals surface area contributed by atoms with Gasteiger partial charge in [-0.2, -0.15) is 0 Å². The van der Waals surface area contributed by atoms with Gasteiger partial charge < -0.3 is 11.1 Å². The molecule has 0 saturated carbocycles. The Morgan fingerprint density at radius 3 is 2.65 bits per heavy atom. The number of nitrogens with one attached hydrogen (secondary N) is 1. The molecule has 1 rings (SSSR count). The molecule has 0 aliphatic heterocycles. The lowest BCUT2D eigenvalue weighted by atomic mass is 10.1. The first kappa shape index (κ1) is 14.2. The van der Waals surface area contributed by atoms with E-state index in [1.54, 1.807) is 18.2 Å². The van der Waals surface area contributed by atoms with Crippen LogP contribution < -0.4 is 11.1 Å². The van der Waals surface area contributed by atoms with Crippen molar-refractivity contribution < 1.29 is 4.79 Å². The van der Waals surface area contributed by atoms with Crippen LogP contribution in [0.3, 0.4) is 0 Å². The molecule has 0 saturated heterocycles. The number of rotatable bonds is 4. The Balaban J connectivity index is 2.84. The zero-order valence-electron chi connectivity index (χ0n) is 9.17. The molecule has 3 nitrogen and oxygen atoms in total. The maximum atomic E-state index is 11.9. The van der Waals surface area contributed by atoms with E-state index in [1.807, 2.05) is 6.92 Å². The molecule has 0 spiro atoms. The standard InChI is InChI=1S/C11H12Cl2N2OS/c1-2-7(10(14)17)11(16)15-9-4-3-6(12)5-8(9)13/h3-5,7H,2H2,1H3,(H2,14,17)(H,15,16). The van der Waals surface area contributed by atoms with E-state index in [4.69, 9.17) is 41.2 Å². The van der Waals surface area contributed by atoms with Crippen molar-refractivity contribution in [3.05, 3.63) is 28.2 Å². The van der Waals surface area contributed by atoms with Gasteiger partial charge in [-0.15, -0.1) is 0 Å². The van der Waals surface area contributed by atoms with Crippen molar-refractivity contribution in [2.45, 2.75) is 13.3 Å². The van der Waals surface area contributed by atoms with Crippen LogP contribution in [0.5, 0.6) is 0 Å². The number of hydrogen-bond acceptors (Lipinski definition) is 2. The third-order valence-electron chi connectivity index (χ3n) is 2.26. The third-order valence-corrected chi connectivity index (χ3v) is 3.09. The van der Waals surface area contributed by atoms with Gasteiger partial charge in [-0.1, -0.05) is 42.3 Å². The van der Waals surface area contributed by atoms with Gasteiger partial charge in [0.05, 0.1) is 21.6 Å². The van der Waals surface area contributed by atoms with E-state index < -0.39 is 5.92 Å². The minimum Gasteiger partial charge on any atom is -0.393 e. The molecule has 6 heteroatoms. The van der Waals surface area contributed by atoms with Crippen molar-refractivity contribution in [3.8, 4) is 0 Å². The average molecular weight is 291 g/mol. The van der Waals surface area contributed by atoms with Gasteiger partial charge in [0.15, 0.2) is 0 Å². The van der Waals surface area contributed by atoms with Crippen molar-refractivity contribution >= 4 is 52.0 Å². The molecule has 0 heterocycles. The highest BCUT2D eigenvalue weighted by molar-refractivity contribution is 7.80. The number of anilines is 1. The van der Waals surface area contributed by atoms with E-state index in [0.29, 0.717) is 22.2 Å². The summed E-state index contributed by atoms with van der Waals surface area (Å²) in [5, 5.41) is 3.56. The van der Waals surface area contributed by atoms with E-state index in [9.17, 15) is 4.79 Å². The number of nitrogens with two attached hydrogens (primary N) is 1. The summed E-state index contributed by atoms with van der Waals surface area (Å²) < 4.78 is 0. The smallest absolute Gasteiger partial charge is 0.234 e. The summed E-state index contributed by atoms with van der Waals surface area (Å²) in [5.74, 6) is -0.749. The average Bonchev–Trinajstić information content (AvgIpc) is 2.22. The SMILES string of the molecule is CCC(C(=O)Nc1ccc(Cl)cc1Cl)C(N)=S. The fourth-order valence-electron chi connectivity index (χ4n) is 1.33. The largest absolute Gasteiger partial charge is 0.393 e. The maximum absolute atomic E-state index is 11.9. The second-order valence-corrected chi connectivity index (χ2v) is 4.79. The number of halogens is 2. The highest BCUT2D eigenvalue weighted by Crippen LogP contribution is 2.25.